The van der Waals surface area contributed by atoms with Crippen molar-refractivity contribution in [3.63, 3.8) is 0 Å². The number of amides is 1. The van der Waals surface area contributed by atoms with E-state index >= 15 is 0 Å². The monoisotopic (exact) mass is 784 g/mol. The third-order valence-electron chi connectivity index (χ3n) is 10.4. The molecule has 56 heavy (non-hydrogen) atoms. The molecule has 0 heterocycles. The number of unbranched alkanes of at least 4 members (excludes halogenated alkanes) is 22. The topological polar surface area (TPSA) is 95.9 Å². The Hall–Kier alpha value is -2.44. The molecule has 3 atom stereocenters. The largest absolute Gasteiger partial charge is 0.462 e. The molecule has 0 aliphatic rings. The van der Waals surface area contributed by atoms with E-state index in [-0.39, 0.29) is 24.9 Å². The zero-order valence-corrected chi connectivity index (χ0v) is 36.8. The molecule has 0 saturated heterocycles. The van der Waals surface area contributed by atoms with Gasteiger partial charge < -0.3 is 20.3 Å². The Bertz CT molecular complexity index is 1010. The Morgan fingerprint density at radius 1 is 0.536 bits per heavy atom. The second kappa shape index (κ2) is 43.7. The predicted octanol–water partition coefficient (Wildman–Crippen LogP) is 13.7. The van der Waals surface area contributed by atoms with E-state index in [0.29, 0.717) is 19.3 Å². The van der Waals surface area contributed by atoms with Gasteiger partial charge in [-0.05, 0) is 70.6 Å². The lowest BCUT2D eigenvalue weighted by Gasteiger charge is -2.24. The fraction of sp³-hybridized carbons (Fsp3) is 0.760. The highest BCUT2D eigenvalue weighted by Gasteiger charge is 2.24. The summed E-state index contributed by atoms with van der Waals surface area (Å²) in [5.74, 6) is -0.538. The lowest BCUT2D eigenvalue weighted by molar-refractivity contribution is -0.151. The van der Waals surface area contributed by atoms with Crippen LogP contribution in [0, 0.1) is 0 Å². The van der Waals surface area contributed by atoms with Crippen LogP contribution in [-0.2, 0) is 14.3 Å². The fourth-order valence-corrected chi connectivity index (χ4v) is 6.85. The molecule has 0 aromatic heterocycles. The zero-order valence-electron chi connectivity index (χ0n) is 36.8. The minimum atomic E-state index is -0.798. The minimum Gasteiger partial charge on any atom is -0.462 e. The molecule has 0 aromatic rings. The van der Waals surface area contributed by atoms with Crippen molar-refractivity contribution in [2.24, 2.45) is 0 Å². The summed E-state index contributed by atoms with van der Waals surface area (Å²) in [5, 5.41) is 23.6. The quantitative estimate of drug-likeness (QED) is 0.0248. The van der Waals surface area contributed by atoms with Crippen LogP contribution in [0.2, 0.25) is 0 Å². The van der Waals surface area contributed by atoms with Gasteiger partial charge in [0.25, 0.3) is 0 Å². The first kappa shape index (κ1) is 53.6. The van der Waals surface area contributed by atoms with Gasteiger partial charge in [0, 0.05) is 6.42 Å². The van der Waals surface area contributed by atoms with Crippen LogP contribution in [0.5, 0.6) is 0 Å². The van der Waals surface area contributed by atoms with Crippen LogP contribution in [0.1, 0.15) is 220 Å². The summed E-state index contributed by atoms with van der Waals surface area (Å²) in [6.45, 7) is 6.30. The lowest BCUT2D eigenvalue weighted by Crippen LogP contribution is -2.46. The molecule has 1 amide bonds. The molecule has 0 radical (unpaired) electrons. The maximum absolute atomic E-state index is 13.1. The van der Waals surface area contributed by atoms with Crippen LogP contribution in [0.4, 0.5) is 0 Å². The molecule has 0 fully saturated rings. The molecule has 0 saturated carbocycles. The van der Waals surface area contributed by atoms with Gasteiger partial charge in [0.05, 0.1) is 25.2 Å². The smallest absolute Gasteiger partial charge is 0.306 e. The van der Waals surface area contributed by atoms with Crippen LogP contribution in [-0.4, -0.2) is 46.9 Å². The average molecular weight is 784 g/mol. The average Bonchev–Trinajstić information content (AvgIpc) is 3.19. The lowest BCUT2D eigenvalue weighted by atomic mass is 10.0. The van der Waals surface area contributed by atoms with Crippen molar-refractivity contribution in [2.45, 2.75) is 238 Å². The van der Waals surface area contributed by atoms with Crippen molar-refractivity contribution in [1.82, 2.24) is 5.32 Å². The summed E-state index contributed by atoms with van der Waals surface area (Å²) >= 11 is 0. The first-order valence-electron chi connectivity index (χ1n) is 23.6. The Balaban J connectivity index is 4.70. The van der Waals surface area contributed by atoms with Gasteiger partial charge in [-0.2, -0.15) is 0 Å². The molecule has 0 aliphatic carbocycles. The van der Waals surface area contributed by atoms with E-state index in [1.54, 1.807) is 0 Å². The second-order valence-electron chi connectivity index (χ2n) is 15.9. The van der Waals surface area contributed by atoms with Crippen LogP contribution < -0.4 is 5.32 Å². The van der Waals surface area contributed by atoms with Crippen molar-refractivity contribution in [3.8, 4) is 0 Å². The van der Waals surface area contributed by atoms with Crippen LogP contribution in [0.15, 0.2) is 60.8 Å². The number of carbonyl (C=O) groups excluding carboxylic acids is 2. The standard InChI is InChI=1S/C50H89NO5/c1-4-7-10-13-16-19-22-24-26-27-29-32-35-38-41-46(56-50(55)43-40-37-34-31-28-25-23-20-17-14-11-8-5-2)44-49(54)51-47(45-52)48(53)42-39-36-33-30-21-18-15-12-9-6-3/h8,11,14,17,20,23,25-28,46-48,52-53H,4-7,9-10,12-13,15-16,18-19,21-22,24,29-45H2,1-3H3,(H,51,54)/b11-8+,17-14+,23-20-,27-26+,28-25-. The molecule has 0 aromatic carbocycles. The fourth-order valence-electron chi connectivity index (χ4n) is 6.85. The zero-order chi connectivity index (χ0) is 41.0. The highest BCUT2D eigenvalue weighted by Crippen LogP contribution is 2.17. The van der Waals surface area contributed by atoms with E-state index in [0.717, 1.165) is 83.5 Å². The molecule has 0 aliphatic heterocycles. The van der Waals surface area contributed by atoms with Crippen molar-refractivity contribution in [2.75, 3.05) is 6.61 Å². The van der Waals surface area contributed by atoms with Crippen molar-refractivity contribution < 1.29 is 24.5 Å². The van der Waals surface area contributed by atoms with Crippen LogP contribution in [0.25, 0.3) is 0 Å². The van der Waals surface area contributed by atoms with Gasteiger partial charge in [-0.1, -0.05) is 197 Å². The summed E-state index contributed by atoms with van der Waals surface area (Å²) in [5.41, 5.74) is 0. The molecule has 0 rings (SSSR count). The number of ether oxygens (including phenoxy) is 1. The van der Waals surface area contributed by atoms with E-state index in [9.17, 15) is 19.8 Å². The van der Waals surface area contributed by atoms with E-state index in [4.69, 9.17) is 4.74 Å². The summed E-state index contributed by atoms with van der Waals surface area (Å²) in [4.78, 5) is 26.0. The number of rotatable bonds is 41. The summed E-state index contributed by atoms with van der Waals surface area (Å²) in [6.07, 6.45) is 52.8. The molecular weight excluding hydrogens is 695 g/mol. The van der Waals surface area contributed by atoms with Gasteiger partial charge in [-0.15, -0.1) is 0 Å². The predicted molar refractivity (Wildman–Crippen MR) is 241 cm³/mol. The highest BCUT2D eigenvalue weighted by molar-refractivity contribution is 5.77. The third-order valence-corrected chi connectivity index (χ3v) is 10.4. The molecule has 0 spiro atoms. The number of hydrogen-bond donors (Lipinski definition) is 3. The number of esters is 1. The number of allylic oxidation sites excluding steroid dienone is 10. The van der Waals surface area contributed by atoms with Crippen molar-refractivity contribution in [1.29, 1.82) is 0 Å². The number of nitrogens with one attached hydrogen (secondary N) is 1. The van der Waals surface area contributed by atoms with Crippen molar-refractivity contribution >= 4 is 11.9 Å². The molecule has 6 heteroatoms. The number of aliphatic hydroxyl groups excluding tert-OH is 2. The van der Waals surface area contributed by atoms with Crippen LogP contribution >= 0.6 is 0 Å². The van der Waals surface area contributed by atoms with Gasteiger partial charge in [-0.3, -0.25) is 9.59 Å². The molecule has 3 unspecified atom stereocenters. The maximum atomic E-state index is 13.1. The Morgan fingerprint density at radius 2 is 0.982 bits per heavy atom. The van der Waals surface area contributed by atoms with Gasteiger partial charge in [-0.25, -0.2) is 0 Å². The molecule has 324 valence electrons. The Morgan fingerprint density at radius 3 is 1.54 bits per heavy atom. The molecule has 0 bridgehead atoms. The van der Waals surface area contributed by atoms with E-state index < -0.39 is 18.2 Å². The van der Waals surface area contributed by atoms with E-state index in [1.165, 1.54) is 89.9 Å². The summed E-state index contributed by atoms with van der Waals surface area (Å²) < 4.78 is 5.88. The molecule has 3 N–H and O–H groups in total. The first-order valence-corrected chi connectivity index (χ1v) is 23.6. The van der Waals surface area contributed by atoms with Crippen molar-refractivity contribution in [3.05, 3.63) is 60.8 Å². The van der Waals surface area contributed by atoms with E-state index in [2.05, 4.69) is 56.5 Å². The van der Waals surface area contributed by atoms with Gasteiger partial charge in [0.15, 0.2) is 0 Å². The number of hydrogen-bond acceptors (Lipinski definition) is 5. The maximum Gasteiger partial charge on any atom is 0.306 e. The SMILES string of the molecule is CC/C=C/C=C/C=C\C=C/CCCCCC(=O)OC(CCCCC/C=C/CCCCCCCCC)CC(=O)NC(CO)C(O)CCCCCCCCCCCC. The Kier molecular flexibility index (Phi) is 41.8. The Labute approximate surface area is 346 Å². The first-order chi connectivity index (χ1) is 27.5. The molecule has 6 nitrogen and oxygen atoms in total. The molecular formula is C50H89NO5. The second-order valence-corrected chi connectivity index (χ2v) is 15.9. The van der Waals surface area contributed by atoms with E-state index in [1.807, 2.05) is 30.4 Å². The van der Waals surface area contributed by atoms with Gasteiger partial charge in [0.1, 0.15) is 6.10 Å². The number of aliphatic hydroxyl groups is 2. The van der Waals surface area contributed by atoms with Gasteiger partial charge in [0.2, 0.25) is 5.91 Å². The minimum absolute atomic E-state index is 0.0496. The van der Waals surface area contributed by atoms with Crippen LogP contribution in [0.3, 0.4) is 0 Å². The summed E-state index contributed by atoms with van der Waals surface area (Å²) in [6, 6.07) is -0.714. The summed E-state index contributed by atoms with van der Waals surface area (Å²) in [7, 11) is 0. The third kappa shape index (κ3) is 38.4. The number of carbonyl (C=O) groups is 2. The normalized spacial score (nSPS) is 13.9. The van der Waals surface area contributed by atoms with Gasteiger partial charge >= 0.3 is 5.97 Å². The highest BCUT2D eigenvalue weighted by atomic mass is 16.5.